The van der Waals surface area contributed by atoms with E-state index in [9.17, 15) is 5.11 Å². The number of H-pyrrole nitrogens is 1. The fourth-order valence-electron chi connectivity index (χ4n) is 1.44. The van der Waals surface area contributed by atoms with Gasteiger partial charge in [-0.15, -0.1) is 5.10 Å². The van der Waals surface area contributed by atoms with Gasteiger partial charge in [0.1, 0.15) is 18.2 Å². The Labute approximate surface area is 126 Å². The maximum absolute atomic E-state index is 9.85. The highest BCUT2D eigenvalue weighted by molar-refractivity contribution is 7.99. The minimum Gasteiger partial charge on any atom is -0.491 e. The van der Waals surface area contributed by atoms with E-state index >= 15 is 0 Å². The first-order valence-corrected chi connectivity index (χ1v) is 7.64. The third-order valence-corrected chi connectivity index (χ3v) is 3.75. The summed E-state index contributed by atoms with van der Waals surface area (Å²) in [6.45, 7) is 2.23. The van der Waals surface area contributed by atoms with E-state index in [1.165, 1.54) is 11.8 Å². The van der Waals surface area contributed by atoms with Gasteiger partial charge in [0.2, 0.25) is 5.16 Å². The van der Waals surface area contributed by atoms with E-state index in [1.54, 1.807) is 24.3 Å². The van der Waals surface area contributed by atoms with E-state index in [0.717, 1.165) is 12.2 Å². The molecule has 7 heteroatoms. The Morgan fingerprint density at radius 3 is 2.80 bits per heavy atom. The number of halogens is 1. The van der Waals surface area contributed by atoms with Crippen LogP contribution < -0.4 is 4.74 Å². The van der Waals surface area contributed by atoms with Gasteiger partial charge in [0, 0.05) is 17.2 Å². The molecular formula is C13H16ClN3O2S. The standard InChI is InChI=1S/C13H16ClN3O2S/c1-2-12-15-13(17-16-12)20-8-10(18)7-19-11-5-3-9(14)4-6-11/h3-6,10,18H,2,7-8H2,1H3,(H,15,16,17). The molecule has 0 saturated heterocycles. The number of hydrogen-bond acceptors (Lipinski definition) is 5. The number of aliphatic hydroxyl groups excluding tert-OH is 1. The monoisotopic (exact) mass is 313 g/mol. The Hall–Kier alpha value is -1.24. The normalized spacial score (nSPS) is 12.3. The van der Waals surface area contributed by atoms with Crippen LogP contribution in [0.2, 0.25) is 5.02 Å². The van der Waals surface area contributed by atoms with Crippen molar-refractivity contribution in [1.29, 1.82) is 0 Å². The fourth-order valence-corrected chi connectivity index (χ4v) is 2.29. The third-order valence-electron chi connectivity index (χ3n) is 2.51. The number of aliphatic hydroxyl groups is 1. The number of aromatic amines is 1. The van der Waals surface area contributed by atoms with Crippen LogP contribution in [0, 0.1) is 0 Å². The SMILES string of the molecule is CCc1nc(SCC(O)COc2ccc(Cl)cc2)n[nH]1. The molecule has 0 saturated carbocycles. The number of rotatable bonds is 7. The molecule has 1 unspecified atom stereocenters. The van der Waals surface area contributed by atoms with Crippen LogP contribution in [0.25, 0.3) is 0 Å². The molecule has 2 rings (SSSR count). The molecule has 1 aromatic carbocycles. The van der Waals surface area contributed by atoms with Gasteiger partial charge in [-0.3, -0.25) is 5.10 Å². The van der Waals surface area contributed by atoms with E-state index in [-0.39, 0.29) is 6.61 Å². The molecule has 2 N–H and O–H groups in total. The second kappa shape index (κ2) is 7.52. The molecule has 1 heterocycles. The summed E-state index contributed by atoms with van der Waals surface area (Å²) in [5.74, 6) is 2.01. The van der Waals surface area contributed by atoms with Gasteiger partial charge in [0.25, 0.3) is 0 Å². The first-order valence-electron chi connectivity index (χ1n) is 6.28. The first-order chi connectivity index (χ1) is 9.67. The molecule has 0 aliphatic carbocycles. The lowest BCUT2D eigenvalue weighted by Crippen LogP contribution is -2.20. The van der Waals surface area contributed by atoms with Gasteiger partial charge in [-0.2, -0.15) is 0 Å². The molecule has 0 fully saturated rings. The van der Waals surface area contributed by atoms with Crippen molar-refractivity contribution in [3.63, 3.8) is 0 Å². The van der Waals surface area contributed by atoms with E-state index in [0.29, 0.717) is 21.7 Å². The summed E-state index contributed by atoms with van der Waals surface area (Å²) in [5.41, 5.74) is 0. The van der Waals surface area contributed by atoms with E-state index in [2.05, 4.69) is 15.2 Å². The Bertz CT molecular complexity index is 533. The van der Waals surface area contributed by atoms with Crippen LogP contribution in [-0.2, 0) is 6.42 Å². The molecule has 5 nitrogen and oxygen atoms in total. The molecule has 0 spiro atoms. The van der Waals surface area contributed by atoms with Gasteiger partial charge < -0.3 is 9.84 Å². The smallest absolute Gasteiger partial charge is 0.208 e. The summed E-state index contributed by atoms with van der Waals surface area (Å²) >= 11 is 7.18. The summed E-state index contributed by atoms with van der Waals surface area (Å²) < 4.78 is 5.47. The van der Waals surface area contributed by atoms with Crippen LogP contribution in [0.5, 0.6) is 5.75 Å². The molecule has 1 aromatic heterocycles. The molecule has 0 aliphatic rings. The number of ether oxygens (including phenoxy) is 1. The van der Waals surface area contributed by atoms with Crippen molar-refractivity contribution in [3.05, 3.63) is 35.1 Å². The number of nitrogens with zero attached hydrogens (tertiary/aromatic N) is 2. The summed E-state index contributed by atoms with van der Waals surface area (Å²) in [7, 11) is 0. The summed E-state index contributed by atoms with van der Waals surface area (Å²) in [4.78, 5) is 4.26. The molecule has 2 aromatic rings. The zero-order chi connectivity index (χ0) is 14.4. The van der Waals surface area contributed by atoms with Crippen molar-refractivity contribution in [2.24, 2.45) is 0 Å². The zero-order valence-corrected chi connectivity index (χ0v) is 12.6. The van der Waals surface area contributed by atoms with Gasteiger partial charge in [-0.25, -0.2) is 4.98 Å². The highest BCUT2D eigenvalue weighted by atomic mass is 35.5. The average Bonchev–Trinajstić information content (AvgIpc) is 2.92. The molecule has 0 amide bonds. The van der Waals surface area contributed by atoms with Crippen LogP contribution in [0.4, 0.5) is 0 Å². The van der Waals surface area contributed by atoms with Crippen LogP contribution >= 0.6 is 23.4 Å². The second-order valence-electron chi connectivity index (χ2n) is 4.15. The van der Waals surface area contributed by atoms with Crippen molar-refractivity contribution >= 4 is 23.4 Å². The minimum absolute atomic E-state index is 0.222. The number of thioether (sulfide) groups is 1. The van der Waals surface area contributed by atoms with Gasteiger partial charge in [0.05, 0.1) is 6.10 Å². The van der Waals surface area contributed by atoms with Crippen molar-refractivity contribution < 1.29 is 9.84 Å². The Balaban J connectivity index is 1.72. The molecule has 1 atom stereocenters. The van der Waals surface area contributed by atoms with Gasteiger partial charge in [-0.1, -0.05) is 30.3 Å². The number of nitrogens with one attached hydrogen (secondary N) is 1. The second-order valence-corrected chi connectivity index (χ2v) is 5.57. The van der Waals surface area contributed by atoms with Crippen molar-refractivity contribution in [2.45, 2.75) is 24.6 Å². The molecule has 0 aliphatic heterocycles. The summed E-state index contributed by atoms with van der Waals surface area (Å²) in [6, 6.07) is 7.03. The van der Waals surface area contributed by atoms with E-state index in [1.807, 2.05) is 6.92 Å². The lowest BCUT2D eigenvalue weighted by Gasteiger charge is -2.11. The number of aromatic nitrogens is 3. The van der Waals surface area contributed by atoms with Crippen molar-refractivity contribution in [3.8, 4) is 5.75 Å². The highest BCUT2D eigenvalue weighted by Crippen LogP contribution is 2.17. The van der Waals surface area contributed by atoms with Crippen LogP contribution in [-0.4, -0.2) is 38.8 Å². The van der Waals surface area contributed by atoms with Gasteiger partial charge in [-0.05, 0) is 24.3 Å². The first kappa shape index (κ1) is 15.2. The Kier molecular flexibility index (Phi) is 5.70. The Morgan fingerprint density at radius 1 is 1.40 bits per heavy atom. The van der Waals surface area contributed by atoms with E-state index in [4.69, 9.17) is 16.3 Å². The highest BCUT2D eigenvalue weighted by Gasteiger charge is 2.09. The molecule has 0 radical (unpaired) electrons. The summed E-state index contributed by atoms with van der Waals surface area (Å²) in [5, 5.41) is 18.0. The Morgan fingerprint density at radius 2 is 2.15 bits per heavy atom. The molecule has 108 valence electrons. The number of aryl methyl sites for hydroxylation is 1. The zero-order valence-electron chi connectivity index (χ0n) is 11.0. The number of hydrogen-bond donors (Lipinski definition) is 2. The molecule has 0 bridgehead atoms. The van der Waals surface area contributed by atoms with Gasteiger partial charge in [0.15, 0.2) is 0 Å². The largest absolute Gasteiger partial charge is 0.491 e. The van der Waals surface area contributed by atoms with Crippen LogP contribution in [0.1, 0.15) is 12.7 Å². The predicted molar refractivity (Wildman–Crippen MR) is 79.4 cm³/mol. The lowest BCUT2D eigenvalue weighted by molar-refractivity contribution is 0.126. The summed E-state index contributed by atoms with van der Waals surface area (Å²) in [6.07, 6.45) is 0.231. The van der Waals surface area contributed by atoms with Crippen molar-refractivity contribution in [2.75, 3.05) is 12.4 Å². The fraction of sp³-hybridized carbons (Fsp3) is 0.385. The molecular weight excluding hydrogens is 298 g/mol. The van der Waals surface area contributed by atoms with Gasteiger partial charge >= 0.3 is 0 Å². The topological polar surface area (TPSA) is 71.0 Å². The average molecular weight is 314 g/mol. The predicted octanol–water partition coefficient (Wildman–Crippen LogP) is 2.55. The maximum Gasteiger partial charge on any atom is 0.208 e. The van der Waals surface area contributed by atoms with Crippen molar-refractivity contribution in [1.82, 2.24) is 15.2 Å². The van der Waals surface area contributed by atoms with E-state index < -0.39 is 6.10 Å². The maximum atomic E-state index is 9.85. The third kappa shape index (κ3) is 4.70. The van der Waals surface area contributed by atoms with Crippen LogP contribution in [0.15, 0.2) is 29.4 Å². The quantitative estimate of drug-likeness (QED) is 0.769. The number of benzene rings is 1. The molecule has 20 heavy (non-hydrogen) atoms. The lowest BCUT2D eigenvalue weighted by atomic mass is 10.3. The minimum atomic E-state index is -0.584. The van der Waals surface area contributed by atoms with Crippen LogP contribution in [0.3, 0.4) is 0 Å².